The summed E-state index contributed by atoms with van der Waals surface area (Å²) in [5, 5.41) is 0. The van der Waals surface area contributed by atoms with E-state index in [-0.39, 0.29) is 11.7 Å². The molecule has 0 bridgehead atoms. The van der Waals surface area contributed by atoms with Crippen molar-refractivity contribution in [2.75, 3.05) is 7.11 Å². The predicted molar refractivity (Wildman–Crippen MR) is 82.7 cm³/mol. The molecule has 0 aliphatic heterocycles. The van der Waals surface area contributed by atoms with Crippen molar-refractivity contribution in [2.45, 2.75) is 19.8 Å². The highest BCUT2D eigenvalue weighted by atomic mass is 16.5. The highest BCUT2D eigenvalue weighted by Crippen LogP contribution is 2.32. The number of benzene rings is 1. The Labute approximate surface area is 128 Å². The van der Waals surface area contributed by atoms with Gasteiger partial charge in [-0.25, -0.2) is 0 Å². The van der Waals surface area contributed by atoms with Gasteiger partial charge in [-0.15, -0.1) is 0 Å². The van der Waals surface area contributed by atoms with Gasteiger partial charge >= 0.3 is 0 Å². The lowest BCUT2D eigenvalue weighted by molar-refractivity contribution is 0.0901. The minimum absolute atomic E-state index is 0.00306. The average molecular weight is 298 g/mol. The SMILES string of the molecule is COc1cccc(-n2cc(C(N)=O)c3c2CCC(C)C3=O)c1. The minimum Gasteiger partial charge on any atom is -0.497 e. The van der Waals surface area contributed by atoms with E-state index < -0.39 is 5.91 Å². The molecule has 1 aliphatic carbocycles. The zero-order valence-corrected chi connectivity index (χ0v) is 12.6. The van der Waals surface area contributed by atoms with Crippen molar-refractivity contribution in [3.63, 3.8) is 0 Å². The number of methoxy groups -OCH3 is 1. The molecule has 1 unspecified atom stereocenters. The van der Waals surface area contributed by atoms with Crippen molar-refractivity contribution < 1.29 is 14.3 Å². The van der Waals surface area contributed by atoms with E-state index in [2.05, 4.69) is 0 Å². The maximum absolute atomic E-state index is 12.5. The molecule has 1 heterocycles. The first-order chi connectivity index (χ1) is 10.5. The van der Waals surface area contributed by atoms with E-state index in [1.807, 2.05) is 35.8 Å². The molecule has 1 aromatic heterocycles. The van der Waals surface area contributed by atoms with Gasteiger partial charge in [0.2, 0.25) is 0 Å². The van der Waals surface area contributed by atoms with Gasteiger partial charge in [0, 0.05) is 29.6 Å². The zero-order valence-electron chi connectivity index (χ0n) is 12.6. The Morgan fingerprint density at radius 1 is 1.41 bits per heavy atom. The summed E-state index contributed by atoms with van der Waals surface area (Å²) in [5.74, 6) is 0.0693. The predicted octanol–water partition coefficient (Wildman–Crippen LogP) is 2.35. The van der Waals surface area contributed by atoms with Crippen LogP contribution in [0.15, 0.2) is 30.5 Å². The van der Waals surface area contributed by atoms with Crippen molar-refractivity contribution >= 4 is 11.7 Å². The van der Waals surface area contributed by atoms with Crippen molar-refractivity contribution in [2.24, 2.45) is 11.7 Å². The number of fused-ring (bicyclic) bond motifs is 1. The first-order valence-electron chi connectivity index (χ1n) is 7.25. The smallest absolute Gasteiger partial charge is 0.251 e. The van der Waals surface area contributed by atoms with E-state index in [0.29, 0.717) is 11.1 Å². The number of ether oxygens (including phenoxy) is 1. The fraction of sp³-hybridized carbons (Fsp3) is 0.294. The third-order valence-corrected chi connectivity index (χ3v) is 4.21. The van der Waals surface area contributed by atoms with E-state index in [1.165, 1.54) is 0 Å². The van der Waals surface area contributed by atoms with Crippen LogP contribution in [0.1, 0.15) is 39.8 Å². The van der Waals surface area contributed by atoms with Gasteiger partial charge < -0.3 is 15.0 Å². The van der Waals surface area contributed by atoms with Crippen LogP contribution in [0.25, 0.3) is 5.69 Å². The minimum atomic E-state index is -0.569. The molecule has 5 heteroatoms. The van der Waals surface area contributed by atoms with Gasteiger partial charge in [-0.05, 0) is 25.0 Å². The van der Waals surface area contributed by atoms with E-state index >= 15 is 0 Å². The van der Waals surface area contributed by atoms with Crippen molar-refractivity contribution in [3.8, 4) is 11.4 Å². The summed E-state index contributed by atoms with van der Waals surface area (Å²) >= 11 is 0. The summed E-state index contributed by atoms with van der Waals surface area (Å²) < 4.78 is 7.12. The fourth-order valence-corrected chi connectivity index (χ4v) is 2.98. The standard InChI is InChI=1S/C17H18N2O3/c1-10-6-7-14-15(16(10)20)13(17(18)21)9-19(14)11-4-3-5-12(8-11)22-2/h3-5,8-10H,6-7H2,1-2H3,(H2,18,21). The number of primary amides is 1. The van der Waals surface area contributed by atoms with Crippen LogP contribution in [0.5, 0.6) is 5.75 Å². The number of nitrogens with two attached hydrogens (primary N) is 1. The van der Waals surface area contributed by atoms with Gasteiger partial charge in [0.1, 0.15) is 5.75 Å². The number of hydrogen-bond acceptors (Lipinski definition) is 3. The molecule has 0 radical (unpaired) electrons. The van der Waals surface area contributed by atoms with Crippen LogP contribution >= 0.6 is 0 Å². The molecule has 1 aliphatic rings. The number of hydrogen-bond donors (Lipinski definition) is 1. The number of amides is 1. The molecule has 0 saturated heterocycles. The van der Waals surface area contributed by atoms with Gasteiger partial charge in [0.05, 0.1) is 18.2 Å². The molecule has 1 amide bonds. The number of aromatic nitrogens is 1. The lowest BCUT2D eigenvalue weighted by Crippen LogP contribution is -2.23. The van der Waals surface area contributed by atoms with Crippen LogP contribution in [0, 0.1) is 5.92 Å². The van der Waals surface area contributed by atoms with Gasteiger partial charge in [0.25, 0.3) is 5.91 Å². The van der Waals surface area contributed by atoms with Gasteiger partial charge in [-0.1, -0.05) is 13.0 Å². The summed E-state index contributed by atoms with van der Waals surface area (Å²) in [6, 6.07) is 7.50. The largest absolute Gasteiger partial charge is 0.497 e. The highest BCUT2D eigenvalue weighted by molar-refractivity contribution is 6.10. The molecular formula is C17H18N2O3. The Hall–Kier alpha value is -2.56. The Bertz CT molecular complexity index is 761. The van der Waals surface area contributed by atoms with Crippen molar-refractivity contribution in [1.29, 1.82) is 0 Å². The monoisotopic (exact) mass is 298 g/mol. The molecule has 114 valence electrons. The molecule has 22 heavy (non-hydrogen) atoms. The van der Waals surface area contributed by atoms with E-state index in [4.69, 9.17) is 10.5 Å². The molecule has 5 nitrogen and oxygen atoms in total. The Morgan fingerprint density at radius 2 is 2.18 bits per heavy atom. The fourth-order valence-electron chi connectivity index (χ4n) is 2.98. The van der Waals surface area contributed by atoms with E-state index in [9.17, 15) is 9.59 Å². The average Bonchev–Trinajstić information content (AvgIpc) is 2.91. The van der Waals surface area contributed by atoms with Crippen molar-refractivity contribution in [1.82, 2.24) is 4.57 Å². The van der Waals surface area contributed by atoms with Crippen LogP contribution < -0.4 is 10.5 Å². The van der Waals surface area contributed by atoms with Crippen LogP contribution in [0.4, 0.5) is 0 Å². The molecule has 0 fully saturated rings. The number of carbonyl (C=O) groups excluding carboxylic acids is 2. The van der Waals surface area contributed by atoms with Crippen LogP contribution in [-0.4, -0.2) is 23.4 Å². The second-order valence-corrected chi connectivity index (χ2v) is 5.60. The lowest BCUT2D eigenvalue weighted by Gasteiger charge is -2.20. The lowest BCUT2D eigenvalue weighted by atomic mass is 9.86. The Balaban J connectivity index is 2.21. The zero-order chi connectivity index (χ0) is 15.9. The second kappa shape index (κ2) is 5.33. The Kier molecular flexibility index (Phi) is 3.48. The number of ketones is 1. The van der Waals surface area contributed by atoms with Crippen molar-refractivity contribution in [3.05, 3.63) is 47.3 Å². The third kappa shape index (κ3) is 2.19. The topological polar surface area (TPSA) is 74.3 Å². The number of Topliss-reactive ketones (excluding diaryl/α,β-unsaturated/α-hetero) is 1. The maximum atomic E-state index is 12.5. The molecule has 2 aromatic rings. The Morgan fingerprint density at radius 3 is 2.86 bits per heavy atom. The summed E-state index contributed by atoms with van der Waals surface area (Å²) in [7, 11) is 1.60. The van der Waals surface area contributed by atoms with Gasteiger partial charge in [-0.2, -0.15) is 0 Å². The molecular weight excluding hydrogens is 280 g/mol. The summed E-state index contributed by atoms with van der Waals surface area (Å²) in [6.45, 7) is 1.89. The van der Waals surface area contributed by atoms with Crippen LogP contribution in [0.2, 0.25) is 0 Å². The second-order valence-electron chi connectivity index (χ2n) is 5.60. The molecule has 1 atom stereocenters. The molecule has 0 saturated carbocycles. The summed E-state index contributed by atoms with van der Waals surface area (Å²) in [6.07, 6.45) is 3.18. The molecule has 3 rings (SSSR count). The normalized spacial score (nSPS) is 17.2. The number of rotatable bonds is 3. The van der Waals surface area contributed by atoms with Crippen LogP contribution in [0.3, 0.4) is 0 Å². The number of nitrogens with zero attached hydrogens (tertiary/aromatic N) is 1. The molecule has 2 N–H and O–H groups in total. The highest BCUT2D eigenvalue weighted by Gasteiger charge is 2.32. The summed E-state index contributed by atoms with van der Waals surface area (Å²) in [5.41, 5.74) is 7.95. The molecule has 1 aromatic carbocycles. The van der Waals surface area contributed by atoms with E-state index in [0.717, 1.165) is 30.0 Å². The third-order valence-electron chi connectivity index (χ3n) is 4.21. The molecule has 0 spiro atoms. The van der Waals surface area contributed by atoms with Gasteiger partial charge in [0.15, 0.2) is 5.78 Å². The maximum Gasteiger partial charge on any atom is 0.251 e. The first kappa shape index (κ1) is 14.4. The first-order valence-corrected chi connectivity index (χ1v) is 7.25. The van der Waals surface area contributed by atoms with Crippen LogP contribution in [-0.2, 0) is 6.42 Å². The summed E-state index contributed by atoms with van der Waals surface area (Å²) in [4.78, 5) is 24.2. The number of carbonyl (C=O) groups is 2. The van der Waals surface area contributed by atoms with E-state index in [1.54, 1.807) is 13.3 Å². The quantitative estimate of drug-likeness (QED) is 0.945. The van der Waals surface area contributed by atoms with Gasteiger partial charge in [-0.3, -0.25) is 9.59 Å².